The fourth-order valence-corrected chi connectivity index (χ4v) is 3.10. The molecule has 0 radical (unpaired) electrons. The minimum Gasteiger partial charge on any atom is -0.344 e. The van der Waals surface area contributed by atoms with Crippen molar-refractivity contribution >= 4 is 17.5 Å². The topological polar surface area (TPSA) is 49.4 Å². The Morgan fingerprint density at radius 2 is 2.00 bits per heavy atom. The van der Waals surface area contributed by atoms with Crippen molar-refractivity contribution in [3.63, 3.8) is 0 Å². The van der Waals surface area contributed by atoms with Crippen molar-refractivity contribution in [3.05, 3.63) is 29.3 Å². The van der Waals surface area contributed by atoms with Gasteiger partial charge in [-0.05, 0) is 48.9 Å². The van der Waals surface area contributed by atoms with Crippen LogP contribution in [0.4, 0.5) is 5.69 Å². The van der Waals surface area contributed by atoms with Crippen molar-refractivity contribution in [2.45, 2.75) is 45.1 Å². The smallest absolute Gasteiger partial charge is 0.249 e. The predicted octanol–water partition coefficient (Wildman–Crippen LogP) is 1.81. The molecule has 3 rings (SSSR count). The van der Waals surface area contributed by atoms with Crippen molar-refractivity contribution in [1.29, 1.82) is 0 Å². The standard InChI is InChI=1S/C16H20N2O2/c1-2-14-16(20)18(9-8-15(19)17-14)13-7-6-11-4-3-5-12(11)10-13/h6-7,10,14H,2-5,8-9H2,1H3,(H,17,19). The van der Waals surface area contributed by atoms with Gasteiger partial charge in [0.2, 0.25) is 11.8 Å². The molecule has 1 heterocycles. The van der Waals surface area contributed by atoms with Gasteiger partial charge in [-0.15, -0.1) is 0 Å². The van der Waals surface area contributed by atoms with Crippen LogP contribution in [0.25, 0.3) is 0 Å². The summed E-state index contributed by atoms with van der Waals surface area (Å²) in [6.45, 7) is 2.40. The van der Waals surface area contributed by atoms with E-state index in [1.807, 2.05) is 13.0 Å². The van der Waals surface area contributed by atoms with Crippen LogP contribution >= 0.6 is 0 Å². The Morgan fingerprint density at radius 3 is 2.80 bits per heavy atom. The summed E-state index contributed by atoms with van der Waals surface area (Å²) in [6, 6.07) is 5.89. The first-order valence-corrected chi connectivity index (χ1v) is 7.41. The van der Waals surface area contributed by atoms with Crippen molar-refractivity contribution in [1.82, 2.24) is 5.32 Å². The largest absolute Gasteiger partial charge is 0.344 e. The van der Waals surface area contributed by atoms with E-state index in [2.05, 4.69) is 17.4 Å². The van der Waals surface area contributed by atoms with E-state index in [4.69, 9.17) is 0 Å². The summed E-state index contributed by atoms with van der Waals surface area (Å²) >= 11 is 0. The van der Waals surface area contributed by atoms with E-state index in [-0.39, 0.29) is 11.8 Å². The molecule has 2 amide bonds. The van der Waals surface area contributed by atoms with Gasteiger partial charge in [-0.2, -0.15) is 0 Å². The molecular weight excluding hydrogens is 252 g/mol. The molecule has 1 aliphatic carbocycles. The number of hydrogen-bond donors (Lipinski definition) is 1. The Bertz CT molecular complexity index is 553. The monoisotopic (exact) mass is 272 g/mol. The van der Waals surface area contributed by atoms with Gasteiger partial charge in [-0.25, -0.2) is 0 Å². The van der Waals surface area contributed by atoms with Crippen molar-refractivity contribution in [2.75, 3.05) is 11.4 Å². The third-order valence-electron chi connectivity index (χ3n) is 4.26. The molecule has 1 N–H and O–H groups in total. The molecule has 1 aliphatic heterocycles. The summed E-state index contributed by atoms with van der Waals surface area (Å²) in [4.78, 5) is 26.0. The molecular formula is C16H20N2O2. The first-order valence-electron chi connectivity index (χ1n) is 7.41. The molecule has 4 heteroatoms. The van der Waals surface area contributed by atoms with Gasteiger partial charge in [0, 0.05) is 18.7 Å². The highest BCUT2D eigenvalue weighted by Crippen LogP contribution is 2.28. The first kappa shape index (κ1) is 13.2. The van der Waals surface area contributed by atoms with Crippen LogP contribution in [-0.4, -0.2) is 24.4 Å². The highest BCUT2D eigenvalue weighted by Gasteiger charge is 2.29. The van der Waals surface area contributed by atoms with Gasteiger partial charge >= 0.3 is 0 Å². The number of fused-ring (bicyclic) bond motifs is 1. The number of aryl methyl sites for hydroxylation is 2. The molecule has 1 atom stereocenters. The number of carbonyl (C=O) groups excluding carboxylic acids is 2. The Morgan fingerprint density at radius 1 is 1.20 bits per heavy atom. The highest BCUT2D eigenvalue weighted by molar-refractivity contribution is 6.01. The summed E-state index contributed by atoms with van der Waals surface area (Å²) in [5, 5.41) is 2.80. The van der Waals surface area contributed by atoms with Crippen molar-refractivity contribution in [3.8, 4) is 0 Å². The minimum atomic E-state index is -0.391. The number of benzene rings is 1. The maximum Gasteiger partial charge on any atom is 0.249 e. The summed E-state index contributed by atoms with van der Waals surface area (Å²) in [5.41, 5.74) is 3.69. The number of hydrogen-bond acceptors (Lipinski definition) is 2. The van der Waals surface area contributed by atoms with E-state index in [1.165, 1.54) is 17.5 Å². The van der Waals surface area contributed by atoms with E-state index < -0.39 is 6.04 Å². The molecule has 1 unspecified atom stereocenters. The van der Waals surface area contributed by atoms with E-state index in [1.54, 1.807) is 4.90 Å². The quantitative estimate of drug-likeness (QED) is 0.892. The van der Waals surface area contributed by atoms with Crippen LogP contribution in [0.1, 0.15) is 37.3 Å². The normalized spacial score (nSPS) is 22.4. The van der Waals surface area contributed by atoms with Crippen LogP contribution in [0.2, 0.25) is 0 Å². The zero-order valence-electron chi connectivity index (χ0n) is 11.8. The lowest BCUT2D eigenvalue weighted by atomic mass is 10.1. The number of anilines is 1. The van der Waals surface area contributed by atoms with Crippen LogP contribution < -0.4 is 10.2 Å². The molecule has 1 aromatic carbocycles. The molecule has 1 fully saturated rings. The van der Waals surface area contributed by atoms with Crippen LogP contribution in [0.5, 0.6) is 0 Å². The van der Waals surface area contributed by atoms with Crippen molar-refractivity contribution < 1.29 is 9.59 Å². The number of nitrogens with one attached hydrogen (secondary N) is 1. The summed E-state index contributed by atoms with van der Waals surface area (Å²) in [5.74, 6) is -0.0230. The average molecular weight is 272 g/mol. The van der Waals surface area contributed by atoms with E-state index in [9.17, 15) is 9.59 Å². The lowest BCUT2D eigenvalue weighted by Crippen LogP contribution is -2.44. The number of carbonyl (C=O) groups is 2. The van der Waals surface area contributed by atoms with Gasteiger partial charge in [0.05, 0.1) is 0 Å². The maximum absolute atomic E-state index is 12.5. The third kappa shape index (κ3) is 2.30. The van der Waals surface area contributed by atoms with Gasteiger partial charge in [0.15, 0.2) is 0 Å². The predicted molar refractivity (Wildman–Crippen MR) is 77.7 cm³/mol. The Hall–Kier alpha value is -1.84. The SMILES string of the molecule is CCC1NC(=O)CCN(c2ccc3c(c2)CCC3)C1=O. The molecule has 0 bridgehead atoms. The Kier molecular flexibility index (Phi) is 3.47. The van der Waals surface area contributed by atoms with E-state index >= 15 is 0 Å². The fraction of sp³-hybridized carbons (Fsp3) is 0.500. The van der Waals surface area contributed by atoms with Crippen LogP contribution in [0.15, 0.2) is 18.2 Å². The molecule has 0 aromatic heterocycles. The second-order valence-corrected chi connectivity index (χ2v) is 5.57. The first-order chi connectivity index (χ1) is 9.69. The molecule has 0 saturated carbocycles. The summed E-state index contributed by atoms with van der Waals surface area (Å²) in [7, 11) is 0. The molecule has 1 aromatic rings. The zero-order valence-corrected chi connectivity index (χ0v) is 11.8. The zero-order chi connectivity index (χ0) is 14.1. The minimum absolute atomic E-state index is 0.0105. The number of rotatable bonds is 2. The van der Waals surface area contributed by atoms with Gasteiger partial charge in [0.25, 0.3) is 0 Å². The summed E-state index contributed by atoms with van der Waals surface area (Å²) < 4.78 is 0. The Balaban J connectivity index is 1.91. The molecule has 2 aliphatic rings. The number of amides is 2. The second-order valence-electron chi connectivity index (χ2n) is 5.57. The number of nitrogens with zero attached hydrogens (tertiary/aromatic N) is 1. The van der Waals surface area contributed by atoms with Gasteiger partial charge < -0.3 is 10.2 Å². The highest BCUT2D eigenvalue weighted by atomic mass is 16.2. The average Bonchev–Trinajstić information content (AvgIpc) is 2.86. The molecule has 20 heavy (non-hydrogen) atoms. The summed E-state index contributed by atoms with van der Waals surface area (Å²) in [6.07, 6.45) is 4.44. The molecule has 106 valence electrons. The fourth-order valence-electron chi connectivity index (χ4n) is 3.10. The lowest BCUT2D eigenvalue weighted by molar-refractivity contribution is -0.125. The van der Waals surface area contributed by atoms with Crippen LogP contribution in [0, 0.1) is 0 Å². The van der Waals surface area contributed by atoms with Crippen LogP contribution in [0.3, 0.4) is 0 Å². The van der Waals surface area contributed by atoms with Crippen molar-refractivity contribution in [2.24, 2.45) is 0 Å². The molecule has 1 saturated heterocycles. The van der Waals surface area contributed by atoms with E-state index in [0.717, 1.165) is 18.5 Å². The molecule has 0 spiro atoms. The maximum atomic E-state index is 12.5. The second kappa shape index (κ2) is 5.27. The van der Waals surface area contributed by atoms with Gasteiger partial charge in [-0.1, -0.05) is 13.0 Å². The Labute approximate surface area is 119 Å². The molecule has 4 nitrogen and oxygen atoms in total. The third-order valence-corrected chi connectivity index (χ3v) is 4.26. The van der Waals surface area contributed by atoms with Crippen LogP contribution in [-0.2, 0) is 22.4 Å². The lowest BCUT2D eigenvalue weighted by Gasteiger charge is -2.24. The van der Waals surface area contributed by atoms with Gasteiger partial charge in [-0.3, -0.25) is 9.59 Å². The van der Waals surface area contributed by atoms with Gasteiger partial charge in [0.1, 0.15) is 6.04 Å². The van der Waals surface area contributed by atoms with E-state index in [0.29, 0.717) is 19.4 Å².